The monoisotopic (exact) mass is 525 g/mol. The van der Waals surface area contributed by atoms with Gasteiger partial charge in [0.1, 0.15) is 5.60 Å². The largest absolute Gasteiger partial charge is 0.444 e. The van der Waals surface area contributed by atoms with Crippen LogP contribution in [0.3, 0.4) is 0 Å². The third-order valence-electron chi connectivity index (χ3n) is 8.23. The van der Waals surface area contributed by atoms with Gasteiger partial charge < -0.3 is 14.4 Å². The van der Waals surface area contributed by atoms with Crippen LogP contribution in [0.25, 0.3) is 0 Å². The van der Waals surface area contributed by atoms with Crippen molar-refractivity contribution in [2.24, 2.45) is 0 Å². The minimum Gasteiger partial charge on any atom is -0.444 e. The molecule has 2 heterocycles. The van der Waals surface area contributed by atoms with E-state index in [2.05, 4.69) is 23.6 Å². The van der Waals surface area contributed by atoms with Crippen LogP contribution in [-0.2, 0) is 22.1 Å². The van der Waals surface area contributed by atoms with E-state index in [-0.39, 0.29) is 29.8 Å². The Labute approximate surface area is 219 Å². The molecule has 2 aliphatic heterocycles. The second-order valence-electron chi connectivity index (χ2n) is 12.1. The number of fused-ring (bicyclic) bond motifs is 1. The summed E-state index contributed by atoms with van der Waals surface area (Å²) >= 11 is 0. The fourth-order valence-corrected chi connectivity index (χ4v) is 6.22. The Morgan fingerprint density at radius 1 is 1.11 bits per heavy atom. The van der Waals surface area contributed by atoms with Crippen molar-refractivity contribution in [1.29, 1.82) is 0 Å². The van der Waals surface area contributed by atoms with Crippen molar-refractivity contribution >= 4 is 6.09 Å². The SMILES string of the molecule is CCOC1Cc2cc(C(F)(F)F)ccc2C1N1CCN(C2(C)CCN(C(=O)OC(C)(C)C)CC2)CC1C. The maximum Gasteiger partial charge on any atom is 0.416 e. The van der Waals surface area contributed by atoms with Gasteiger partial charge in [0.2, 0.25) is 0 Å². The number of benzene rings is 1. The molecule has 0 spiro atoms. The van der Waals surface area contributed by atoms with E-state index in [1.54, 1.807) is 6.07 Å². The number of halogens is 3. The zero-order chi connectivity index (χ0) is 27.2. The Morgan fingerprint density at radius 2 is 1.78 bits per heavy atom. The van der Waals surface area contributed by atoms with Crippen LogP contribution in [0.2, 0.25) is 0 Å². The highest BCUT2D eigenvalue weighted by molar-refractivity contribution is 5.68. The van der Waals surface area contributed by atoms with Crippen LogP contribution in [0, 0.1) is 0 Å². The van der Waals surface area contributed by atoms with E-state index in [0.717, 1.165) is 43.6 Å². The fraction of sp³-hybridized carbons (Fsp3) is 0.750. The molecule has 1 aromatic carbocycles. The minimum atomic E-state index is -4.35. The first kappa shape index (κ1) is 28.2. The van der Waals surface area contributed by atoms with Gasteiger partial charge in [0, 0.05) is 57.3 Å². The molecule has 0 aromatic heterocycles. The fourth-order valence-electron chi connectivity index (χ4n) is 6.22. The molecule has 9 heteroatoms. The molecular weight excluding hydrogens is 483 g/mol. The van der Waals surface area contributed by atoms with Crippen molar-refractivity contribution in [3.63, 3.8) is 0 Å². The highest BCUT2D eigenvalue weighted by atomic mass is 19.4. The normalized spacial score (nSPS) is 27.3. The minimum absolute atomic E-state index is 0.00657. The standard InChI is InChI=1S/C28H42F3N3O3/c1-7-36-23-17-20-16-21(28(29,30)31)8-9-22(20)24(23)34-15-14-33(18-19(34)2)27(6)10-12-32(13-11-27)25(35)37-26(3,4)5/h8-9,16,19,23-24H,7,10-15,17-18H2,1-6H3. The van der Waals surface area contributed by atoms with Gasteiger partial charge >= 0.3 is 12.3 Å². The average molecular weight is 526 g/mol. The van der Waals surface area contributed by atoms with Crippen LogP contribution in [0.1, 0.15) is 77.1 Å². The summed E-state index contributed by atoms with van der Waals surface area (Å²) in [6, 6.07) is 4.35. The third kappa shape index (κ3) is 6.09. The number of nitrogens with zero attached hydrogens (tertiary/aromatic N) is 3. The van der Waals surface area contributed by atoms with E-state index < -0.39 is 17.3 Å². The number of piperidine rings is 1. The van der Waals surface area contributed by atoms with Gasteiger partial charge in [-0.25, -0.2) is 4.79 Å². The smallest absolute Gasteiger partial charge is 0.416 e. The van der Waals surface area contributed by atoms with Gasteiger partial charge in [-0.1, -0.05) is 6.07 Å². The lowest BCUT2D eigenvalue weighted by Gasteiger charge is -2.53. The van der Waals surface area contributed by atoms with Crippen molar-refractivity contribution in [3.05, 3.63) is 34.9 Å². The molecule has 0 radical (unpaired) electrons. The summed E-state index contributed by atoms with van der Waals surface area (Å²) in [7, 11) is 0. The number of carbonyl (C=O) groups is 1. The molecule has 1 aliphatic carbocycles. The lowest BCUT2D eigenvalue weighted by atomic mass is 9.86. The average Bonchev–Trinajstić information content (AvgIpc) is 3.15. The summed E-state index contributed by atoms with van der Waals surface area (Å²) in [5.74, 6) is 0. The van der Waals surface area contributed by atoms with E-state index >= 15 is 0 Å². The Bertz CT molecular complexity index is 970. The van der Waals surface area contributed by atoms with Crippen LogP contribution in [0.5, 0.6) is 0 Å². The molecule has 1 aromatic rings. The quantitative estimate of drug-likeness (QED) is 0.519. The number of hydrogen-bond donors (Lipinski definition) is 0. The maximum atomic E-state index is 13.3. The Balaban J connectivity index is 1.43. The molecule has 37 heavy (non-hydrogen) atoms. The molecule has 3 unspecified atom stereocenters. The van der Waals surface area contributed by atoms with Crippen molar-refractivity contribution in [1.82, 2.24) is 14.7 Å². The molecule has 208 valence electrons. The molecular formula is C28H42F3N3O3. The predicted molar refractivity (Wildman–Crippen MR) is 136 cm³/mol. The summed E-state index contributed by atoms with van der Waals surface area (Å²) in [6.45, 7) is 16.5. The first-order chi connectivity index (χ1) is 17.2. The number of hydrogen-bond acceptors (Lipinski definition) is 5. The molecule has 6 nitrogen and oxygen atoms in total. The van der Waals surface area contributed by atoms with Gasteiger partial charge in [-0.2, -0.15) is 13.2 Å². The Hall–Kier alpha value is -1.84. The van der Waals surface area contributed by atoms with E-state index in [0.29, 0.717) is 26.1 Å². The third-order valence-corrected chi connectivity index (χ3v) is 8.23. The molecule has 3 aliphatic rings. The van der Waals surface area contributed by atoms with Gasteiger partial charge in [0.05, 0.1) is 17.7 Å². The molecule has 0 saturated carbocycles. The molecule has 0 N–H and O–H groups in total. The summed E-state index contributed by atoms with van der Waals surface area (Å²) in [5.41, 5.74) is 0.604. The van der Waals surface area contributed by atoms with Crippen molar-refractivity contribution in [3.8, 4) is 0 Å². The van der Waals surface area contributed by atoms with Gasteiger partial charge in [-0.15, -0.1) is 0 Å². The molecule has 3 atom stereocenters. The van der Waals surface area contributed by atoms with Crippen molar-refractivity contribution in [2.45, 2.75) is 96.3 Å². The lowest BCUT2D eigenvalue weighted by molar-refractivity contribution is -0.137. The van der Waals surface area contributed by atoms with E-state index in [1.807, 2.05) is 32.6 Å². The van der Waals surface area contributed by atoms with Crippen LogP contribution in [0.15, 0.2) is 18.2 Å². The second kappa shape index (κ2) is 10.4. The van der Waals surface area contributed by atoms with E-state index in [9.17, 15) is 18.0 Å². The number of piperazine rings is 1. The highest BCUT2D eigenvalue weighted by Gasteiger charge is 2.45. The Kier molecular flexibility index (Phi) is 7.90. The topological polar surface area (TPSA) is 45.2 Å². The zero-order valence-corrected chi connectivity index (χ0v) is 23.0. The van der Waals surface area contributed by atoms with Crippen LogP contribution in [0.4, 0.5) is 18.0 Å². The van der Waals surface area contributed by atoms with Gasteiger partial charge in [-0.3, -0.25) is 9.80 Å². The maximum absolute atomic E-state index is 13.3. The van der Waals surface area contributed by atoms with Crippen LogP contribution in [-0.4, -0.2) is 83.4 Å². The van der Waals surface area contributed by atoms with Gasteiger partial charge in [0.15, 0.2) is 0 Å². The highest BCUT2D eigenvalue weighted by Crippen LogP contribution is 2.43. The van der Waals surface area contributed by atoms with Gasteiger partial charge in [0.25, 0.3) is 0 Å². The van der Waals surface area contributed by atoms with E-state index in [1.165, 1.54) is 12.1 Å². The summed E-state index contributed by atoms with van der Waals surface area (Å²) in [6.07, 6.45) is -2.47. The zero-order valence-electron chi connectivity index (χ0n) is 23.0. The van der Waals surface area contributed by atoms with Crippen LogP contribution >= 0.6 is 0 Å². The first-order valence-electron chi connectivity index (χ1n) is 13.5. The number of ether oxygens (including phenoxy) is 2. The number of carbonyl (C=O) groups excluding carboxylic acids is 1. The molecule has 0 bridgehead atoms. The van der Waals surface area contributed by atoms with Gasteiger partial charge in [-0.05, 0) is 77.6 Å². The number of likely N-dealkylation sites (tertiary alicyclic amines) is 1. The predicted octanol–water partition coefficient (Wildman–Crippen LogP) is 5.50. The molecule has 2 saturated heterocycles. The molecule has 1 amide bonds. The molecule has 4 rings (SSSR count). The number of amides is 1. The summed E-state index contributed by atoms with van der Waals surface area (Å²) in [5, 5.41) is 0. The summed E-state index contributed by atoms with van der Waals surface area (Å²) < 4.78 is 51.6. The van der Waals surface area contributed by atoms with Crippen molar-refractivity contribution in [2.75, 3.05) is 39.3 Å². The summed E-state index contributed by atoms with van der Waals surface area (Å²) in [4.78, 5) is 19.3. The Morgan fingerprint density at radius 3 is 2.35 bits per heavy atom. The lowest BCUT2D eigenvalue weighted by Crippen LogP contribution is -2.63. The second-order valence-corrected chi connectivity index (χ2v) is 12.1. The molecule has 2 fully saturated rings. The van der Waals surface area contributed by atoms with E-state index in [4.69, 9.17) is 9.47 Å². The number of alkyl halides is 3. The number of rotatable bonds is 4. The van der Waals surface area contributed by atoms with Crippen molar-refractivity contribution < 1.29 is 27.4 Å². The van der Waals surface area contributed by atoms with Crippen LogP contribution < -0.4 is 0 Å². The first-order valence-corrected chi connectivity index (χ1v) is 13.5.